The molecule has 2 aromatic rings. The van der Waals surface area contributed by atoms with Crippen molar-refractivity contribution in [2.45, 2.75) is 97.5 Å². The molecule has 3 amide bonds. The first-order chi connectivity index (χ1) is 20.2. The molecule has 2 aliphatic rings. The van der Waals surface area contributed by atoms with Crippen LogP contribution in [0.4, 0.5) is 11.4 Å². The van der Waals surface area contributed by atoms with Crippen molar-refractivity contribution in [3.8, 4) is 5.75 Å². The maximum absolute atomic E-state index is 13.9. The van der Waals surface area contributed by atoms with Gasteiger partial charge in [0, 0.05) is 18.3 Å². The van der Waals surface area contributed by atoms with E-state index < -0.39 is 28.4 Å². The number of carbonyl (C=O) groups excluding carboxylic acids is 3. The Bertz CT molecular complexity index is 1420. The van der Waals surface area contributed by atoms with E-state index in [1.807, 2.05) is 31.7 Å². The number of likely N-dealkylation sites (N-methyl/N-ethyl adjacent to an activating group) is 1. The van der Waals surface area contributed by atoms with Crippen molar-refractivity contribution in [2.75, 3.05) is 18.9 Å². The number of rotatable bonds is 11. The Balaban J connectivity index is 1.42. The van der Waals surface area contributed by atoms with E-state index in [-0.39, 0.29) is 53.8 Å². The molecule has 1 aliphatic carbocycles. The SMILES string of the molecule is CNC(C)C(=O)NC(C(=O)N1CCC2CCC(NC(=O)Cc3cccc(Nc4c(OC(C)C)c(=O)c4=O)c3)C21)C(C)(C)C. The zero-order valence-electron chi connectivity index (χ0n) is 26.2. The van der Waals surface area contributed by atoms with E-state index in [1.54, 1.807) is 46.0 Å². The number of ether oxygens (including phenoxy) is 1. The highest BCUT2D eigenvalue weighted by Crippen LogP contribution is 2.39. The third-order valence-electron chi connectivity index (χ3n) is 8.48. The van der Waals surface area contributed by atoms with Crippen LogP contribution in [0.1, 0.15) is 66.4 Å². The molecule has 5 atom stereocenters. The lowest BCUT2D eigenvalue weighted by Crippen LogP contribution is -2.60. The molecular weight excluding hydrogens is 550 g/mol. The summed E-state index contributed by atoms with van der Waals surface area (Å²) in [5.74, 6) is -0.181. The van der Waals surface area contributed by atoms with Gasteiger partial charge in [-0.2, -0.15) is 0 Å². The molecule has 4 N–H and O–H groups in total. The lowest BCUT2D eigenvalue weighted by Gasteiger charge is -2.38. The molecule has 0 spiro atoms. The van der Waals surface area contributed by atoms with Gasteiger partial charge in [-0.05, 0) is 76.1 Å². The number of benzene rings is 1. The minimum atomic E-state index is -0.693. The van der Waals surface area contributed by atoms with Gasteiger partial charge in [-0.3, -0.25) is 24.0 Å². The predicted octanol–water partition coefficient (Wildman–Crippen LogP) is 1.99. The first-order valence-corrected chi connectivity index (χ1v) is 15.1. The van der Waals surface area contributed by atoms with Crippen LogP contribution in [-0.4, -0.2) is 66.5 Å². The Kier molecular flexibility index (Phi) is 9.63. The molecule has 43 heavy (non-hydrogen) atoms. The second-order valence-corrected chi connectivity index (χ2v) is 13.2. The van der Waals surface area contributed by atoms with Crippen LogP contribution in [0.25, 0.3) is 0 Å². The van der Waals surface area contributed by atoms with Crippen molar-refractivity contribution in [3.63, 3.8) is 0 Å². The number of nitrogens with zero attached hydrogens (tertiary/aromatic N) is 1. The van der Waals surface area contributed by atoms with Gasteiger partial charge in [-0.15, -0.1) is 0 Å². The van der Waals surface area contributed by atoms with Crippen LogP contribution < -0.4 is 36.9 Å². The van der Waals surface area contributed by atoms with Crippen molar-refractivity contribution in [1.82, 2.24) is 20.9 Å². The highest BCUT2D eigenvalue weighted by atomic mass is 16.5. The Hall–Kier alpha value is -3.73. The molecule has 4 rings (SSSR count). The molecule has 2 aromatic carbocycles. The van der Waals surface area contributed by atoms with Crippen molar-refractivity contribution >= 4 is 29.1 Å². The number of fused-ring (bicyclic) bond motifs is 1. The van der Waals surface area contributed by atoms with Gasteiger partial charge in [-0.1, -0.05) is 32.9 Å². The Morgan fingerprint density at radius 2 is 1.77 bits per heavy atom. The highest BCUT2D eigenvalue weighted by Gasteiger charge is 2.49. The normalized spacial score (nSPS) is 21.4. The number of amides is 3. The van der Waals surface area contributed by atoms with Crippen LogP contribution in [-0.2, 0) is 20.8 Å². The van der Waals surface area contributed by atoms with Gasteiger partial charge >= 0.3 is 0 Å². The van der Waals surface area contributed by atoms with Crippen LogP contribution >= 0.6 is 0 Å². The van der Waals surface area contributed by atoms with Gasteiger partial charge in [0.25, 0.3) is 10.9 Å². The maximum atomic E-state index is 13.9. The number of hydrogen-bond donors (Lipinski definition) is 4. The first-order valence-electron chi connectivity index (χ1n) is 15.1. The molecule has 2 fully saturated rings. The topological polar surface area (TPSA) is 146 Å². The van der Waals surface area contributed by atoms with Gasteiger partial charge in [0.2, 0.25) is 17.7 Å². The summed E-state index contributed by atoms with van der Waals surface area (Å²) in [6.07, 6.45) is 2.43. The smallest absolute Gasteiger partial charge is 0.272 e. The number of likely N-dealkylation sites (tertiary alicyclic amines) is 1. The Morgan fingerprint density at radius 3 is 2.42 bits per heavy atom. The first kappa shape index (κ1) is 32.2. The minimum Gasteiger partial charge on any atom is -0.485 e. The number of nitrogens with one attached hydrogen (secondary N) is 4. The third-order valence-corrected chi connectivity index (χ3v) is 8.48. The zero-order chi connectivity index (χ0) is 31.6. The van der Waals surface area contributed by atoms with E-state index in [4.69, 9.17) is 4.74 Å². The fourth-order valence-electron chi connectivity index (χ4n) is 6.11. The summed E-state index contributed by atoms with van der Waals surface area (Å²) in [6, 6.07) is 5.69. The summed E-state index contributed by atoms with van der Waals surface area (Å²) in [4.78, 5) is 65.7. The summed E-state index contributed by atoms with van der Waals surface area (Å²) in [5.41, 5.74) is -0.352. The predicted molar refractivity (Wildman–Crippen MR) is 165 cm³/mol. The van der Waals surface area contributed by atoms with Crippen LogP contribution in [0, 0.1) is 11.3 Å². The van der Waals surface area contributed by atoms with E-state index in [0.717, 1.165) is 24.8 Å². The van der Waals surface area contributed by atoms with Crippen molar-refractivity contribution < 1.29 is 19.1 Å². The summed E-state index contributed by atoms with van der Waals surface area (Å²) >= 11 is 0. The molecule has 1 saturated carbocycles. The fraction of sp³-hybridized carbons (Fsp3) is 0.594. The molecular formula is C32H45N5O6. The average molecular weight is 596 g/mol. The summed E-state index contributed by atoms with van der Waals surface area (Å²) in [7, 11) is 1.70. The summed E-state index contributed by atoms with van der Waals surface area (Å²) < 4.78 is 5.48. The lowest BCUT2D eigenvalue weighted by molar-refractivity contribution is -0.141. The zero-order valence-corrected chi connectivity index (χ0v) is 26.2. The van der Waals surface area contributed by atoms with Gasteiger partial charge in [0.05, 0.1) is 24.6 Å². The van der Waals surface area contributed by atoms with E-state index >= 15 is 0 Å². The number of anilines is 2. The maximum Gasteiger partial charge on any atom is 0.272 e. The van der Waals surface area contributed by atoms with Gasteiger partial charge in [-0.25, -0.2) is 0 Å². The van der Waals surface area contributed by atoms with E-state index in [0.29, 0.717) is 18.2 Å². The molecule has 0 aromatic heterocycles. The van der Waals surface area contributed by atoms with Crippen LogP contribution in [0.2, 0.25) is 0 Å². The molecule has 5 unspecified atom stereocenters. The molecule has 1 saturated heterocycles. The van der Waals surface area contributed by atoms with Crippen LogP contribution in [0.3, 0.4) is 0 Å². The summed E-state index contributed by atoms with van der Waals surface area (Å²) in [5, 5.41) is 12.0. The quantitative estimate of drug-likeness (QED) is 0.289. The van der Waals surface area contributed by atoms with E-state index in [9.17, 15) is 24.0 Å². The van der Waals surface area contributed by atoms with Crippen LogP contribution in [0.5, 0.6) is 5.75 Å². The lowest BCUT2D eigenvalue weighted by atomic mass is 9.85. The fourth-order valence-corrected chi connectivity index (χ4v) is 6.11. The van der Waals surface area contributed by atoms with E-state index in [2.05, 4.69) is 21.3 Å². The Labute approximate surface area is 252 Å². The van der Waals surface area contributed by atoms with Crippen LogP contribution in [0.15, 0.2) is 33.9 Å². The Morgan fingerprint density at radius 1 is 1.05 bits per heavy atom. The molecule has 0 radical (unpaired) electrons. The largest absolute Gasteiger partial charge is 0.485 e. The second-order valence-electron chi connectivity index (χ2n) is 13.2. The van der Waals surface area contributed by atoms with E-state index in [1.165, 1.54) is 0 Å². The number of carbonyl (C=O) groups is 3. The average Bonchev–Trinajstić information content (AvgIpc) is 3.54. The number of hydrogen-bond acceptors (Lipinski definition) is 8. The van der Waals surface area contributed by atoms with Gasteiger partial charge in [0.1, 0.15) is 11.7 Å². The molecule has 1 aliphatic heterocycles. The van der Waals surface area contributed by atoms with Crippen molar-refractivity contribution in [3.05, 3.63) is 50.3 Å². The molecule has 234 valence electrons. The summed E-state index contributed by atoms with van der Waals surface area (Å²) in [6.45, 7) is 11.7. The minimum absolute atomic E-state index is 0.0272. The monoisotopic (exact) mass is 595 g/mol. The van der Waals surface area contributed by atoms with Gasteiger partial charge < -0.3 is 30.9 Å². The van der Waals surface area contributed by atoms with Crippen molar-refractivity contribution in [2.24, 2.45) is 11.3 Å². The van der Waals surface area contributed by atoms with Crippen molar-refractivity contribution in [1.29, 1.82) is 0 Å². The molecule has 0 bridgehead atoms. The third kappa shape index (κ3) is 7.09. The molecule has 1 heterocycles. The highest BCUT2D eigenvalue weighted by molar-refractivity contribution is 5.90. The second kappa shape index (κ2) is 12.9. The molecule has 11 nitrogen and oxygen atoms in total. The standard InChI is InChI=1S/C32H45N5O6/c1-17(2)43-28-24(26(39)27(28)40)34-21-10-8-9-19(15-21)16-23(38)35-22-12-11-20-13-14-37(25(20)22)31(42)29(32(4,5)6)36-30(41)18(3)33-7/h8-10,15,17-18,20,22,25,29,33-34H,11-14,16H2,1-7H3,(H,35,38)(H,36,41). The van der Waals surface area contributed by atoms with Gasteiger partial charge in [0.15, 0.2) is 5.75 Å². The molecule has 11 heteroatoms.